The van der Waals surface area contributed by atoms with Crippen molar-refractivity contribution in [1.29, 1.82) is 0 Å². The van der Waals surface area contributed by atoms with Crippen molar-refractivity contribution >= 4 is 17.1 Å². The molecule has 1 N–H and O–H groups in total. The molecule has 0 aliphatic carbocycles. The van der Waals surface area contributed by atoms with E-state index in [2.05, 4.69) is 0 Å². The molecule has 0 aliphatic rings. The summed E-state index contributed by atoms with van der Waals surface area (Å²) in [5.41, 5.74) is 1.86. The molecule has 0 bridgehead atoms. The number of nitro groups is 1. The Morgan fingerprint density at radius 3 is 2.40 bits per heavy atom. The molecule has 20 heavy (non-hydrogen) atoms. The summed E-state index contributed by atoms with van der Waals surface area (Å²) in [6.45, 7) is 1.58. The van der Waals surface area contributed by atoms with Crippen LogP contribution in [0.4, 0.5) is 17.1 Å². The first kappa shape index (κ1) is 14.0. The molecule has 0 saturated carbocycles. The molecule has 5 heteroatoms. The first-order chi connectivity index (χ1) is 9.50. The maximum Gasteiger partial charge on any atom is 0.293 e. The Morgan fingerprint density at radius 2 is 1.85 bits per heavy atom. The predicted octanol–water partition coefficient (Wildman–Crippen LogP) is 3.42. The van der Waals surface area contributed by atoms with Crippen LogP contribution in [0.3, 0.4) is 0 Å². The van der Waals surface area contributed by atoms with Gasteiger partial charge in [-0.05, 0) is 30.7 Å². The molecular weight excluding hydrogens is 256 g/mol. The van der Waals surface area contributed by atoms with Gasteiger partial charge in [-0.2, -0.15) is 0 Å². The lowest BCUT2D eigenvalue weighted by molar-refractivity contribution is -0.384. The zero-order chi connectivity index (χ0) is 14.7. The van der Waals surface area contributed by atoms with E-state index in [1.54, 1.807) is 31.0 Å². The van der Waals surface area contributed by atoms with E-state index in [-0.39, 0.29) is 5.69 Å². The van der Waals surface area contributed by atoms with E-state index in [4.69, 9.17) is 0 Å². The van der Waals surface area contributed by atoms with Gasteiger partial charge in [0.15, 0.2) is 0 Å². The molecule has 0 spiro atoms. The minimum atomic E-state index is -0.732. The zero-order valence-electron chi connectivity index (χ0n) is 11.4. The van der Waals surface area contributed by atoms with Gasteiger partial charge in [0.25, 0.3) is 5.69 Å². The number of aliphatic hydroxyl groups is 1. The Kier molecular flexibility index (Phi) is 4.00. The molecule has 1 atom stereocenters. The number of hydrogen-bond acceptors (Lipinski definition) is 4. The molecule has 2 aromatic carbocycles. The van der Waals surface area contributed by atoms with Gasteiger partial charge in [0.05, 0.1) is 11.0 Å². The summed E-state index contributed by atoms with van der Waals surface area (Å²) < 4.78 is 0. The minimum absolute atomic E-state index is 0.0187. The maximum atomic E-state index is 11.2. The molecule has 0 heterocycles. The third-order valence-electron chi connectivity index (χ3n) is 3.18. The number of nitrogens with zero attached hydrogens (tertiary/aromatic N) is 2. The van der Waals surface area contributed by atoms with Crippen molar-refractivity contribution in [1.82, 2.24) is 0 Å². The molecule has 0 fully saturated rings. The molecule has 0 amide bonds. The van der Waals surface area contributed by atoms with Gasteiger partial charge in [-0.1, -0.05) is 24.3 Å². The molecule has 0 unspecified atom stereocenters. The number of nitro benzene ring substituents is 1. The monoisotopic (exact) mass is 272 g/mol. The molecule has 2 rings (SSSR count). The molecule has 2 aromatic rings. The highest BCUT2D eigenvalue weighted by Gasteiger charge is 2.19. The van der Waals surface area contributed by atoms with E-state index in [0.29, 0.717) is 11.3 Å². The molecule has 5 nitrogen and oxygen atoms in total. The quantitative estimate of drug-likeness (QED) is 0.684. The van der Waals surface area contributed by atoms with E-state index in [9.17, 15) is 15.2 Å². The van der Waals surface area contributed by atoms with Crippen molar-refractivity contribution in [2.75, 3.05) is 11.9 Å². The van der Waals surface area contributed by atoms with Crippen LogP contribution in [0.1, 0.15) is 18.6 Å². The highest BCUT2D eigenvalue weighted by atomic mass is 16.6. The molecular formula is C15H16N2O3. The lowest BCUT2D eigenvalue weighted by Gasteiger charge is -2.20. The molecule has 104 valence electrons. The Bertz CT molecular complexity index is 612. The Morgan fingerprint density at radius 1 is 1.20 bits per heavy atom. The summed E-state index contributed by atoms with van der Waals surface area (Å²) in [7, 11) is 1.78. The second kappa shape index (κ2) is 5.71. The first-order valence-electron chi connectivity index (χ1n) is 6.26. The van der Waals surface area contributed by atoms with Crippen molar-refractivity contribution in [3.05, 3.63) is 64.2 Å². The van der Waals surface area contributed by atoms with E-state index < -0.39 is 11.0 Å². The van der Waals surface area contributed by atoms with Crippen LogP contribution in [0.15, 0.2) is 48.5 Å². The van der Waals surface area contributed by atoms with Crippen LogP contribution >= 0.6 is 0 Å². The summed E-state index contributed by atoms with van der Waals surface area (Å²) in [6.07, 6.45) is -0.732. The average molecular weight is 272 g/mol. The van der Waals surface area contributed by atoms with E-state index in [0.717, 1.165) is 5.69 Å². The van der Waals surface area contributed by atoms with Gasteiger partial charge in [0.2, 0.25) is 0 Å². The second-order valence-corrected chi connectivity index (χ2v) is 4.58. The van der Waals surface area contributed by atoms with Crippen molar-refractivity contribution in [2.24, 2.45) is 0 Å². The molecule has 0 aromatic heterocycles. The van der Waals surface area contributed by atoms with Crippen molar-refractivity contribution in [2.45, 2.75) is 13.0 Å². The lowest BCUT2D eigenvalue weighted by Crippen LogP contribution is -2.11. The normalized spacial score (nSPS) is 11.9. The summed E-state index contributed by atoms with van der Waals surface area (Å²) >= 11 is 0. The number of benzene rings is 2. The highest BCUT2D eigenvalue weighted by Crippen LogP contribution is 2.34. The Labute approximate surface area is 117 Å². The fraction of sp³-hybridized carbons (Fsp3) is 0.200. The SMILES string of the molecule is C[C@H](O)c1ccc(N(C)c2ccccc2)c([N+](=O)[O-])c1. The number of hydrogen-bond donors (Lipinski definition) is 1. The van der Waals surface area contributed by atoms with Crippen molar-refractivity contribution in [3.63, 3.8) is 0 Å². The topological polar surface area (TPSA) is 66.6 Å². The van der Waals surface area contributed by atoms with E-state index in [1.165, 1.54) is 6.07 Å². The van der Waals surface area contributed by atoms with Crippen molar-refractivity contribution in [3.8, 4) is 0 Å². The summed E-state index contributed by atoms with van der Waals surface area (Å²) in [4.78, 5) is 12.6. The van der Waals surface area contributed by atoms with Gasteiger partial charge in [-0.3, -0.25) is 10.1 Å². The van der Waals surface area contributed by atoms with E-state index in [1.807, 2.05) is 30.3 Å². The highest BCUT2D eigenvalue weighted by molar-refractivity contribution is 5.72. The van der Waals surface area contributed by atoms with Gasteiger partial charge in [-0.25, -0.2) is 0 Å². The van der Waals surface area contributed by atoms with Gasteiger partial charge >= 0.3 is 0 Å². The Balaban J connectivity index is 2.48. The fourth-order valence-corrected chi connectivity index (χ4v) is 2.02. The molecule has 0 radical (unpaired) electrons. The van der Waals surface area contributed by atoms with Crippen LogP contribution in [0.2, 0.25) is 0 Å². The van der Waals surface area contributed by atoms with E-state index >= 15 is 0 Å². The molecule has 0 aliphatic heterocycles. The van der Waals surface area contributed by atoms with Crippen LogP contribution < -0.4 is 4.90 Å². The third-order valence-corrected chi connectivity index (χ3v) is 3.18. The summed E-state index contributed by atoms with van der Waals surface area (Å²) in [5, 5.41) is 20.8. The third kappa shape index (κ3) is 2.78. The number of aliphatic hydroxyl groups excluding tert-OH is 1. The predicted molar refractivity (Wildman–Crippen MR) is 78.2 cm³/mol. The van der Waals surface area contributed by atoms with Crippen LogP contribution in [0, 0.1) is 10.1 Å². The van der Waals surface area contributed by atoms with Crippen molar-refractivity contribution < 1.29 is 10.0 Å². The molecule has 0 saturated heterocycles. The largest absolute Gasteiger partial charge is 0.389 e. The van der Waals surface area contributed by atoms with Gasteiger partial charge in [0.1, 0.15) is 5.69 Å². The number of para-hydroxylation sites is 1. The van der Waals surface area contributed by atoms with Gasteiger partial charge in [-0.15, -0.1) is 0 Å². The summed E-state index contributed by atoms with van der Waals surface area (Å²) in [5.74, 6) is 0. The second-order valence-electron chi connectivity index (χ2n) is 4.58. The van der Waals surface area contributed by atoms with Gasteiger partial charge < -0.3 is 10.0 Å². The fourth-order valence-electron chi connectivity index (χ4n) is 2.02. The van der Waals surface area contributed by atoms with Crippen LogP contribution in [0.5, 0.6) is 0 Å². The smallest absolute Gasteiger partial charge is 0.293 e. The zero-order valence-corrected chi connectivity index (χ0v) is 11.4. The lowest BCUT2D eigenvalue weighted by atomic mass is 10.1. The number of anilines is 2. The average Bonchev–Trinajstić information content (AvgIpc) is 2.46. The van der Waals surface area contributed by atoms with Crippen LogP contribution in [-0.4, -0.2) is 17.1 Å². The number of rotatable bonds is 4. The standard InChI is InChI=1S/C15H16N2O3/c1-11(18)12-8-9-14(15(10-12)17(19)20)16(2)13-6-4-3-5-7-13/h3-11,18H,1-2H3/t11-/m0/s1. The minimum Gasteiger partial charge on any atom is -0.389 e. The van der Waals surface area contributed by atoms with Crippen LogP contribution in [0.25, 0.3) is 0 Å². The summed E-state index contributed by atoms with van der Waals surface area (Å²) in [6, 6.07) is 14.2. The maximum absolute atomic E-state index is 11.2. The Hall–Kier alpha value is -2.40. The van der Waals surface area contributed by atoms with Crippen LogP contribution in [-0.2, 0) is 0 Å². The first-order valence-corrected chi connectivity index (χ1v) is 6.26. The van der Waals surface area contributed by atoms with Gasteiger partial charge in [0, 0.05) is 18.8 Å².